The molecule has 0 spiro atoms. The van der Waals surface area contributed by atoms with Crippen LogP contribution in [0.15, 0.2) is 23.2 Å². The Balaban J connectivity index is 0.00000225. The number of ether oxygens (including phenoxy) is 2. The van der Waals surface area contributed by atoms with Crippen molar-refractivity contribution in [3.05, 3.63) is 23.8 Å². The fourth-order valence-electron chi connectivity index (χ4n) is 3.18. The molecule has 2 fully saturated rings. The van der Waals surface area contributed by atoms with Crippen molar-refractivity contribution < 1.29 is 9.47 Å². The van der Waals surface area contributed by atoms with Crippen LogP contribution in [0.2, 0.25) is 0 Å². The van der Waals surface area contributed by atoms with Crippen LogP contribution in [0.5, 0.6) is 11.5 Å². The monoisotopic (exact) mass is 459 g/mol. The lowest BCUT2D eigenvalue weighted by molar-refractivity contribution is 0.207. The zero-order valence-corrected chi connectivity index (χ0v) is 17.7. The second-order valence-corrected chi connectivity index (χ2v) is 6.89. The largest absolute Gasteiger partial charge is 0.497 e. The highest BCUT2D eigenvalue weighted by molar-refractivity contribution is 14.0. The van der Waals surface area contributed by atoms with Gasteiger partial charge in [-0.25, -0.2) is 0 Å². The molecule has 2 aliphatic carbocycles. The number of halogens is 1. The van der Waals surface area contributed by atoms with Gasteiger partial charge < -0.3 is 20.1 Å². The third-order valence-electron chi connectivity index (χ3n) is 4.97. The average Bonchev–Trinajstić information content (AvgIpc) is 3.06. The van der Waals surface area contributed by atoms with Gasteiger partial charge >= 0.3 is 0 Å². The molecule has 0 heterocycles. The van der Waals surface area contributed by atoms with Crippen LogP contribution in [0.25, 0.3) is 0 Å². The van der Waals surface area contributed by atoms with Crippen molar-refractivity contribution >= 4 is 29.9 Å². The van der Waals surface area contributed by atoms with Gasteiger partial charge in [0.15, 0.2) is 5.96 Å². The van der Waals surface area contributed by atoms with Crippen LogP contribution < -0.4 is 20.1 Å². The Kier molecular flexibility index (Phi) is 7.65. The highest BCUT2D eigenvalue weighted by atomic mass is 127. The van der Waals surface area contributed by atoms with Gasteiger partial charge in [0, 0.05) is 31.3 Å². The van der Waals surface area contributed by atoms with Gasteiger partial charge in [-0.2, -0.15) is 0 Å². The fraction of sp³-hybridized carbons (Fsp3) is 0.632. The first kappa shape index (κ1) is 20.1. The molecule has 3 rings (SSSR count). The van der Waals surface area contributed by atoms with Crippen molar-refractivity contribution in [2.24, 2.45) is 10.9 Å². The summed E-state index contributed by atoms with van der Waals surface area (Å²) in [6.07, 6.45) is 6.37. The fourth-order valence-corrected chi connectivity index (χ4v) is 3.18. The van der Waals surface area contributed by atoms with Crippen molar-refractivity contribution in [3.63, 3.8) is 0 Å². The Morgan fingerprint density at radius 1 is 1.28 bits per heavy atom. The summed E-state index contributed by atoms with van der Waals surface area (Å²) in [5.41, 5.74) is 1.13. The molecule has 0 aromatic heterocycles. The molecule has 0 bridgehead atoms. The number of methoxy groups -OCH3 is 1. The summed E-state index contributed by atoms with van der Waals surface area (Å²) in [5.74, 6) is 3.35. The summed E-state index contributed by atoms with van der Waals surface area (Å²) in [7, 11) is 3.50. The Hall–Kier alpha value is -1.18. The summed E-state index contributed by atoms with van der Waals surface area (Å²) >= 11 is 0. The van der Waals surface area contributed by atoms with Crippen molar-refractivity contribution in [3.8, 4) is 11.5 Å². The second-order valence-electron chi connectivity index (χ2n) is 6.89. The van der Waals surface area contributed by atoms with Gasteiger partial charge in [-0.3, -0.25) is 4.99 Å². The maximum atomic E-state index is 6.25. The van der Waals surface area contributed by atoms with E-state index in [9.17, 15) is 0 Å². The van der Waals surface area contributed by atoms with Gasteiger partial charge in [0.25, 0.3) is 0 Å². The number of nitrogens with zero attached hydrogens (tertiary/aromatic N) is 1. The Bertz CT molecular complexity index is 588. The van der Waals surface area contributed by atoms with E-state index in [1.807, 2.05) is 19.2 Å². The van der Waals surface area contributed by atoms with Gasteiger partial charge in [0.2, 0.25) is 0 Å². The topological polar surface area (TPSA) is 54.9 Å². The van der Waals surface area contributed by atoms with Crippen molar-refractivity contribution in [2.75, 3.05) is 14.2 Å². The minimum absolute atomic E-state index is 0. The molecular formula is C19H30IN3O2. The first-order chi connectivity index (χ1) is 11.7. The van der Waals surface area contributed by atoms with Gasteiger partial charge in [0.05, 0.1) is 13.2 Å². The van der Waals surface area contributed by atoms with Crippen LogP contribution in [0.4, 0.5) is 0 Å². The van der Waals surface area contributed by atoms with E-state index in [4.69, 9.17) is 9.47 Å². The molecule has 1 aromatic rings. The minimum atomic E-state index is 0. The first-order valence-corrected chi connectivity index (χ1v) is 9.00. The number of aliphatic imine (C=N–C) groups is 1. The average molecular weight is 459 g/mol. The SMILES string of the molecule is CN=C(NCc1ccc(OC)cc1OC1CCCC1)NC1CC1C.I. The number of guanidine groups is 1. The Morgan fingerprint density at radius 3 is 2.60 bits per heavy atom. The van der Waals surface area contributed by atoms with E-state index in [1.54, 1.807) is 7.11 Å². The summed E-state index contributed by atoms with van der Waals surface area (Å²) in [6, 6.07) is 6.61. The zero-order valence-electron chi connectivity index (χ0n) is 15.4. The van der Waals surface area contributed by atoms with Crippen LogP contribution in [0, 0.1) is 5.92 Å². The quantitative estimate of drug-likeness (QED) is 0.387. The third-order valence-corrected chi connectivity index (χ3v) is 4.97. The summed E-state index contributed by atoms with van der Waals surface area (Å²) < 4.78 is 11.6. The van der Waals surface area contributed by atoms with Crippen LogP contribution in [0.1, 0.15) is 44.6 Å². The lowest BCUT2D eigenvalue weighted by Crippen LogP contribution is -2.38. The van der Waals surface area contributed by atoms with Crippen molar-refractivity contribution in [1.82, 2.24) is 10.6 Å². The lowest BCUT2D eigenvalue weighted by Gasteiger charge is -2.19. The Labute approximate surface area is 168 Å². The molecule has 0 saturated heterocycles. The standard InChI is InChI=1S/C19H29N3O2.HI/c1-13-10-17(13)22-19(20-2)21-12-14-8-9-16(23-3)11-18(14)24-15-6-4-5-7-15;/h8-9,11,13,15,17H,4-7,10,12H2,1-3H3,(H2,20,21,22);1H. The van der Waals surface area contributed by atoms with Crippen LogP contribution >= 0.6 is 24.0 Å². The number of hydrogen-bond donors (Lipinski definition) is 2. The molecular weight excluding hydrogens is 429 g/mol. The van der Waals surface area contributed by atoms with Gasteiger partial charge in [0.1, 0.15) is 11.5 Å². The molecule has 2 aliphatic rings. The normalized spacial score (nSPS) is 22.9. The summed E-state index contributed by atoms with van der Waals surface area (Å²) in [4.78, 5) is 4.31. The molecule has 6 heteroatoms. The molecule has 2 atom stereocenters. The maximum Gasteiger partial charge on any atom is 0.191 e. The predicted octanol–water partition coefficient (Wildman–Crippen LogP) is 3.71. The first-order valence-electron chi connectivity index (χ1n) is 9.00. The van der Waals surface area contributed by atoms with E-state index in [1.165, 1.54) is 19.3 Å². The van der Waals surface area contributed by atoms with E-state index in [-0.39, 0.29) is 24.0 Å². The van der Waals surface area contributed by atoms with Crippen LogP contribution in [0.3, 0.4) is 0 Å². The molecule has 140 valence electrons. The molecule has 5 nitrogen and oxygen atoms in total. The van der Waals surface area contributed by atoms with E-state index >= 15 is 0 Å². The highest BCUT2D eigenvalue weighted by Gasteiger charge is 2.33. The molecule has 2 unspecified atom stereocenters. The molecule has 0 radical (unpaired) electrons. The molecule has 2 N–H and O–H groups in total. The molecule has 0 aliphatic heterocycles. The number of nitrogens with one attached hydrogen (secondary N) is 2. The molecule has 25 heavy (non-hydrogen) atoms. The van der Waals surface area contributed by atoms with E-state index in [0.717, 1.165) is 41.8 Å². The lowest BCUT2D eigenvalue weighted by atomic mass is 10.2. The van der Waals surface area contributed by atoms with Gasteiger partial charge in [-0.1, -0.05) is 6.92 Å². The maximum absolute atomic E-state index is 6.25. The third kappa shape index (κ3) is 5.66. The van der Waals surface area contributed by atoms with Gasteiger partial charge in [-0.15, -0.1) is 24.0 Å². The molecule has 0 amide bonds. The van der Waals surface area contributed by atoms with E-state index in [0.29, 0.717) is 18.7 Å². The molecule has 2 saturated carbocycles. The van der Waals surface area contributed by atoms with Crippen LogP contribution in [-0.2, 0) is 6.54 Å². The van der Waals surface area contributed by atoms with E-state index in [2.05, 4.69) is 28.6 Å². The Morgan fingerprint density at radius 2 is 2.00 bits per heavy atom. The predicted molar refractivity (Wildman–Crippen MR) is 112 cm³/mol. The van der Waals surface area contributed by atoms with Crippen LogP contribution in [-0.4, -0.2) is 32.3 Å². The zero-order chi connectivity index (χ0) is 16.9. The molecule has 1 aromatic carbocycles. The van der Waals surface area contributed by atoms with Crippen molar-refractivity contribution in [1.29, 1.82) is 0 Å². The van der Waals surface area contributed by atoms with E-state index < -0.39 is 0 Å². The second kappa shape index (κ2) is 9.50. The smallest absolute Gasteiger partial charge is 0.191 e. The number of rotatable bonds is 6. The van der Waals surface area contributed by atoms with Crippen molar-refractivity contribution in [2.45, 2.75) is 57.7 Å². The van der Waals surface area contributed by atoms with Gasteiger partial charge in [-0.05, 0) is 50.2 Å². The summed E-state index contributed by atoms with van der Waals surface area (Å²) in [5, 5.41) is 6.85. The minimum Gasteiger partial charge on any atom is -0.497 e. The highest BCUT2D eigenvalue weighted by Crippen LogP contribution is 2.30. The number of benzene rings is 1. The summed E-state index contributed by atoms with van der Waals surface area (Å²) in [6.45, 7) is 2.94. The number of hydrogen-bond acceptors (Lipinski definition) is 3.